The van der Waals surface area contributed by atoms with Crippen LogP contribution in [0.3, 0.4) is 0 Å². The van der Waals surface area contributed by atoms with Crippen LogP contribution < -0.4 is 15.6 Å². The Bertz CT molecular complexity index is 1750. The van der Waals surface area contributed by atoms with Crippen molar-refractivity contribution in [3.63, 3.8) is 0 Å². The highest BCUT2D eigenvalue weighted by Crippen LogP contribution is 2.40. The van der Waals surface area contributed by atoms with Crippen molar-refractivity contribution in [3.8, 4) is 11.1 Å². The van der Waals surface area contributed by atoms with Gasteiger partial charge in [0.05, 0.1) is 33.6 Å². The van der Waals surface area contributed by atoms with Gasteiger partial charge in [-0.15, -0.1) is 0 Å². The molecule has 196 valence electrons. The molecule has 0 spiro atoms. The van der Waals surface area contributed by atoms with E-state index in [0.29, 0.717) is 33.6 Å². The molecule has 0 saturated heterocycles. The molecule has 1 aliphatic rings. The lowest BCUT2D eigenvalue weighted by Gasteiger charge is -2.37. The van der Waals surface area contributed by atoms with Crippen molar-refractivity contribution in [3.05, 3.63) is 94.2 Å². The first kappa shape index (κ1) is 25.9. The van der Waals surface area contributed by atoms with E-state index in [2.05, 4.69) is 26.6 Å². The molecular formula is C27H25ClFN5O3S. The van der Waals surface area contributed by atoms with Gasteiger partial charge in [-0.1, -0.05) is 24.2 Å². The summed E-state index contributed by atoms with van der Waals surface area (Å²) in [5.41, 5.74) is 3.34. The van der Waals surface area contributed by atoms with Gasteiger partial charge in [0.15, 0.2) is 0 Å². The molecule has 2 aromatic heterocycles. The van der Waals surface area contributed by atoms with Crippen molar-refractivity contribution in [2.75, 3.05) is 11.8 Å². The van der Waals surface area contributed by atoms with Gasteiger partial charge in [-0.25, -0.2) is 17.8 Å². The molecule has 38 heavy (non-hydrogen) atoms. The third-order valence-corrected chi connectivity index (χ3v) is 8.80. The maximum Gasteiger partial charge on any atom is 0.263 e. The van der Waals surface area contributed by atoms with Gasteiger partial charge >= 0.3 is 0 Å². The zero-order chi connectivity index (χ0) is 27.2. The number of aromatic nitrogens is 3. The third-order valence-electron chi connectivity index (χ3n) is 6.95. The van der Waals surface area contributed by atoms with Crippen LogP contribution in [0.5, 0.6) is 0 Å². The predicted octanol–water partition coefficient (Wildman–Crippen LogP) is 5.04. The fourth-order valence-corrected chi connectivity index (χ4v) is 6.21. The number of sulfonamides is 1. The highest BCUT2D eigenvalue weighted by molar-refractivity contribution is 7.92. The minimum absolute atomic E-state index is 0.0542. The molecule has 1 saturated carbocycles. The number of fused-ring (bicyclic) bond motifs is 1. The number of nitrogens with zero attached hydrogens (tertiary/aromatic N) is 3. The van der Waals surface area contributed by atoms with Gasteiger partial charge in [-0.3, -0.25) is 19.1 Å². The van der Waals surface area contributed by atoms with Gasteiger partial charge in [0.25, 0.3) is 15.6 Å². The van der Waals surface area contributed by atoms with Crippen LogP contribution in [0.2, 0.25) is 5.02 Å². The van der Waals surface area contributed by atoms with Gasteiger partial charge in [-0.05, 0) is 61.7 Å². The third kappa shape index (κ3) is 4.77. The van der Waals surface area contributed by atoms with E-state index in [4.69, 9.17) is 11.6 Å². The molecule has 0 aliphatic heterocycles. The normalized spacial score (nSPS) is 17.2. The zero-order valence-electron chi connectivity index (χ0n) is 20.7. The number of halogens is 2. The maximum atomic E-state index is 13.4. The van der Waals surface area contributed by atoms with E-state index < -0.39 is 15.8 Å². The summed E-state index contributed by atoms with van der Waals surface area (Å²) in [6.07, 6.45) is 4.83. The number of nitrogens with one attached hydrogen (secondary N) is 2. The highest BCUT2D eigenvalue weighted by Gasteiger charge is 2.33. The highest BCUT2D eigenvalue weighted by atomic mass is 35.5. The Morgan fingerprint density at radius 1 is 1.13 bits per heavy atom. The van der Waals surface area contributed by atoms with Crippen LogP contribution in [0.4, 0.5) is 10.1 Å². The van der Waals surface area contributed by atoms with Crippen LogP contribution in [0.25, 0.3) is 22.0 Å². The van der Waals surface area contributed by atoms with Gasteiger partial charge in [0, 0.05) is 36.5 Å². The molecular weight excluding hydrogens is 529 g/mol. The second-order valence-electron chi connectivity index (χ2n) is 9.32. The largest absolute Gasteiger partial charge is 0.392 e. The molecule has 2 N–H and O–H groups in total. The molecule has 0 unspecified atom stereocenters. The minimum atomic E-state index is -4.11. The lowest BCUT2D eigenvalue weighted by atomic mass is 9.78. The molecule has 2 aromatic carbocycles. The second kappa shape index (κ2) is 9.85. The standard InChI is InChI=1S/C27H25ClFN5O3S/c1-15(30-3)18-8-21(9-18)34-14-32-24-6-4-17(10-22(24)27(34)35)19-11-25(16(2)31-13-19)33-38(36,37)26-7-5-20(29)12-23(26)28/h4-7,10-14,18,21,30,33H,1,8-9H2,2-3H3. The summed E-state index contributed by atoms with van der Waals surface area (Å²) in [6, 6.07) is 10.1. The molecule has 0 atom stereocenters. The van der Waals surface area contributed by atoms with Crippen LogP contribution in [-0.2, 0) is 10.0 Å². The smallest absolute Gasteiger partial charge is 0.263 e. The average molecular weight is 554 g/mol. The Kier molecular flexibility index (Phi) is 6.70. The first-order chi connectivity index (χ1) is 18.1. The van der Waals surface area contributed by atoms with Gasteiger partial charge in [0.1, 0.15) is 10.7 Å². The van der Waals surface area contributed by atoms with Crippen LogP contribution in [-0.4, -0.2) is 30.0 Å². The van der Waals surface area contributed by atoms with Crippen molar-refractivity contribution < 1.29 is 12.8 Å². The topological polar surface area (TPSA) is 106 Å². The Hall–Kier alpha value is -3.76. The summed E-state index contributed by atoms with van der Waals surface area (Å²) in [5.74, 6) is -0.316. The Morgan fingerprint density at radius 2 is 1.89 bits per heavy atom. The number of hydrogen-bond donors (Lipinski definition) is 2. The van der Waals surface area contributed by atoms with E-state index in [1.54, 1.807) is 48.3 Å². The summed E-state index contributed by atoms with van der Waals surface area (Å²) in [6.45, 7) is 5.67. The molecule has 1 fully saturated rings. The van der Waals surface area contributed by atoms with Crippen molar-refractivity contribution in [1.29, 1.82) is 0 Å². The van der Waals surface area contributed by atoms with E-state index in [9.17, 15) is 17.6 Å². The van der Waals surface area contributed by atoms with Gasteiger partial charge < -0.3 is 5.32 Å². The van der Waals surface area contributed by atoms with Crippen LogP contribution in [0, 0.1) is 18.7 Å². The summed E-state index contributed by atoms with van der Waals surface area (Å²) in [7, 11) is -2.27. The van der Waals surface area contributed by atoms with Gasteiger partial charge in [-0.2, -0.15) is 0 Å². The fourth-order valence-electron chi connectivity index (χ4n) is 4.57. The number of aryl methyl sites for hydroxylation is 1. The number of allylic oxidation sites excluding steroid dienone is 1. The summed E-state index contributed by atoms with van der Waals surface area (Å²) >= 11 is 5.98. The summed E-state index contributed by atoms with van der Waals surface area (Å²) in [4.78, 5) is 21.9. The lowest BCUT2D eigenvalue weighted by Crippen LogP contribution is -2.36. The number of hydrogen-bond acceptors (Lipinski definition) is 6. The van der Waals surface area contributed by atoms with E-state index in [1.165, 1.54) is 0 Å². The second-order valence-corrected chi connectivity index (χ2v) is 11.4. The first-order valence-corrected chi connectivity index (χ1v) is 13.8. The minimum Gasteiger partial charge on any atom is -0.392 e. The molecule has 0 bridgehead atoms. The molecule has 8 nitrogen and oxygen atoms in total. The molecule has 4 aromatic rings. The monoisotopic (exact) mass is 553 g/mol. The van der Waals surface area contributed by atoms with E-state index in [0.717, 1.165) is 36.7 Å². The van der Waals surface area contributed by atoms with Crippen molar-refractivity contribution in [2.24, 2.45) is 5.92 Å². The van der Waals surface area contributed by atoms with E-state index in [1.807, 2.05) is 7.05 Å². The predicted molar refractivity (Wildman–Crippen MR) is 146 cm³/mol. The van der Waals surface area contributed by atoms with Gasteiger partial charge in [0.2, 0.25) is 0 Å². The van der Waals surface area contributed by atoms with E-state index in [-0.39, 0.29) is 27.2 Å². The molecule has 0 amide bonds. The SMILES string of the molecule is C=C(NC)C1CC(n2cnc3ccc(-c4cnc(C)c(NS(=O)(=O)c5ccc(F)cc5Cl)c4)cc3c2=O)C1. The van der Waals surface area contributed by atoms with Crippen LogP contribution in [0.15, 0.2) is 77.0 Å². The lowest BCUT2D eigenvalue weighted by molar-refractivity contribution is 0.219. The Balaban J connectivity index is 1.47. The van der Waals surface area contributed by atoms with Crippen LogP contribution in [0.1, 0.15) is 24.6 Å². The quantitative estimate of drug-likeness (QED) is 0.332. The zero-order valence-corrected chi connectivity index (χ0v) is 22.3. The average Bonchev–Trinajstić information content (AvgIpc) is 2.85. The molecule has 5 rings (SSSR count). The molecule has 1 aliphatic carbocycles. The number of benzene rings is 2. The summed E-state index contributed by atoms with van der Waals surface area (Å²) < 4.78 is 43.5. The number of anilines is 1. The van der Waals surface area contributed by atoms with E-state index >= 15 is 0 Å². The molecule has 2 heterocycles. The summed E-state index contributed by atoms with van der Waals surface area (Å²) in [5, 5.41) is 3.31. The Labute approximate surface area is 224 Å². The van der Waals surface area contributed by atoms with Crippen molar-refractivity contribution >= 4 is 38.2 Å². The number of rotatable bonds is 7. The first-order valence-electron chi connectivity index (χ1n) is 11.9. The number of pyridine rings is 1. The molecule has 11 heteroatoms. The fraction of sp³-hybridized carbons (Fsp3) is 0.222. The van der Waals surface area contributed by atoms with Crippen molar-refractivity contribution in [1.82, 2.24) is 19.9 Å². The molecule has 0 radical (unpaired) electrons. The van der Waals surface area contributed by atoms with Crippen LogP contribution >= 0.6 is 11.6 Å². The Morgan fingerprint density at radius 3 is 2.61 bits per heavy atom. The van der Waals surface area contributed by atoms with Crippen molar-refractivity contribution in [2.45, 2.75) is 30.7 Å². The maximum absolute atomic E-state index is 13.4.